The number of nitrogens with one attached hydrogen (secondary N) is 2. The Morgan fingerprint density at radius 3 is 2.67 bits per heavy atom. The summed E-state index contributed by atoms with van der Waals surface area (Å²) in [6.45, 7) is 5.15. The smallest absolute Gasteiger partial charge is 0.319 e. The van der Waals surface area contributed by atoms with Crippen LogP contribution in [0.25, 0.3) is 0 Å². The lowest BCUT2D eigenvalue weighted by molar-refractivity contribution is 0.163. The number of aliphatic hydroxyl groups is 1. The van der Waals surface area contributed by atoms with Gasteiger partial charge in [0.2, 0.25) is 0 Å². The van der Waals surface area contributed by atoms with Gasteiger partial charge in [-0.25, -0.2) is 4.79 Å². The fraction of sp³-hybridized carbons (Fsp3) is 0.562. The molecule has 21 heavy (non-hydrogen) atoms. The number of urea groups is 1. The van der Waals surface area contributed by atoms with Gasteiger partial charge < -0.3 is 20.6 Å². The zero-order valence-electron chi connectivity index (χ0n) is 13.4. The van der Waals surface area contributed by atoms with Crippen LogP contribution < -0.4 is 10.6 Å². The molecule has 3 N–H and O–H groups in total. The summed E-state index contributed by atoms with van der Waals surface area (Å²) in [6, 6.07) is 7.60. The number of benzene rings is 1. The van der Waals surface area contributed by atoms with Crippen molar-refractivity contribution in [1.29, 1.82) is 0 Å². The number of amides is 2. The first-order chi connectivity index (χ1) is 9.86. The topological polar surface area (TPSA) is 64.6 Å². The van der Waals surface area contributed by atoms with Crippen LogP contribution in [0.2, 0.25) is 0 Å². The number of hydrogen-bond acceptors (Lipinski definition) is 3. The number of nitrogens with zero attached hydrogens (tertiary/aromatic N) is 1. The normalized spacial score (nSPS) is 13.8. The minimum atomic E-state index is -0.340. The van der Waals surface area contributed by atoms with Crippen LogP contribution in [-0.2, 0) is 6.54 Å². The van der Waals surface area contributed by atoms with Gasteiger partial charge in [-0.1, -0.05) is 19.1 Å². The van der Waals surface area contributed by atoms with E-state index in [0.717, 1.165) is 17.8 Å². The molecule has 1 aromatic carbocycles. The van der Waals surface area contributed by atoms with Gasteiger partial charge in [0.05, 0.1) is 6.10 Å². The lowest BCUT2D eigenvalue weighted by Crippen LogP contribution is -2.33. The Labute approximate surface area is 127 Å². The molecule has 2 atom stereocenters. The third kappa shape index (κ3) is 7.68. The molecule has 0 aliphatic rings. The maximum Gasteiger partial charge on any atom is 0.319 e. The van der Waals surface area contributed by atoms with Crippen LogP contribution in [0, 0.1) is 5.92 Å². The van der Waals surface area contributed by atoms with Crippen molar-refractivity contribution in [3.63, 3.8) is 0 Å². The van der Waals surface area contributed by atoms with Crippen molar-refractivity contribution in [2.45, 2.75) is 32.9 Å². The Bertz CT molecular complexity index is 447. The monoisotopic (exact) mass is 293 g/mol. The summed E-state index contributed by atoms with van der Waals surface area (Å²) in [5, 5.41) is 15.0. The Morgan fingerprint density at radius 1 is 1.33 bits per heavy atom. The second kappa shape index (κ2) is 8.64. The molecular formula is C16H27N3O2. The molecule has 5 nitrogen and oxygen atoms in total. The van der Waals surface area contributed by atoms with Crippen LogP contribution in [0.3, 0.4) is 0 Å². The van der Waals surface area contributed by atoms with Crippen LogP contribution in [0.1, 0.15) is 25.8 Å². The molecule has 0 radical (unpaired) electrons. The summed E-state index contributed by atoms with van der Waals surface area (Å²) in [5.74, 6) is 0.246. The maximum atomic E-state index is 11.8. The first-order valence-electron chi connectivity index (χ1n) is 7.33. The van der Waals surface area contributed by atoms with E-state index in [1.807, 2.05) is 45.3 Å². The minimum absolute atomic E-state index is 0.213. The minimum Gasteiger partial charge on any atom is -0.393 e. The lowest BCUT2D eigenvalue weighted by Gasteiger charge is -2.15. The van der Waals surface area contributed by atoms with E-state index in [1.54, 1.807) is 6.92 Å². The Balaban J connectivity index is 2.44. The van der Waals surface area contributed by atoms with E-state index < -0.39 is 0 Å². The number of carbonyl (C=O) groups excluding carboxylic acids is 1. The van der Waals surface area contributed by atoms with Crippen molar-refractivity contribution in [1.82, 2.24) is 10.2 Å². The average molecular weight is 293 g/mol. The van der Waals surface area contributed by atoms with Crippen molar-refractivity contribution in [3.8, 4) is 0 Å². The van der Waals surface area contributed by atoms with Gasteiger partial charge in [-0.05, 0) is 51.1 Å². The van der Waals surface area contributed by atoms with Gasteiger partial charge in [0.15, 0.2) is 0 Å². The molecule has 0 heterocycles. The summed E-state index contributed by atoms with van der Waals surface area (Å²) < 4.78 is 0. The fourth-order valence-electron chi connectivity index (χ4n) is 2.22. The SMILES string of the molecule is CC(O)CC(C)CNC(=O)Nc1cccc(CN(C)C)c1. The molecule has 2 amide bonds. The van der Waals surface area contributed by atoms with E-state index in [0.29, 0.717) is 13.0 Å². The highest BCUT2D eigenvalue weighted by Crippen LogP contribution is 2.12. The van der Waals surface area contributed by atoms with Gasteiger partial charge in [-0.3, -0.25) is 0 Å². The quantitative estimate of drug-likeness (QED) is 0.722. The summed E-state index contributed by atoms with van der Waals surface area (Å²) in [4.78, 5) is 13.9. The highest BCUT2D eigenvalue weighted by atomic mass is 16.3. The molecule has 5 heteroatoms. The van der Waals surface area contributed by atoms with Gasteiger partial charge in [0.25, 0.3) is 0 Å². The van der Waals surface area contributed by atoms with Gasteiger partial charge >= 0.3 is 6.03 Å². The molecule has 1 rings (SSSR count). The zero-order valence-corrected chi connectivity index (χ0v) is 13.4. The fourth-order valence-corrected chi connectivity index (χ4v) is 2.22. The maximum absolute atomic E-state index is 11.8. The van der Waals surface area contributed by atoms with E-state index >= 15 is 0 Å². The van der Waals surface area contributed by atoms with Gasteiger partial charge in [-0.2, -0.15) is 0 Å². The third-order valence-electron chi connectivity index (χ3n) is 3.04. The molecule has 0 aromatic heterocycles. The van der Waals surface area contributed by atoms with Crippen molar-refractivity contribution in [2.75, 3.05) is 26.0 Å². The van der Waals surface area contributed by atoms with E-state index in [1.165, 1.54) is 0 Å². The molecule has 2 unspecified atom stereocenters. The van der Waals surface area contributed by atoms with Crippen LogP contribution in [0.4, 0.5) is 10.5 Å². The van der Waals surface area contributed by atoms with E-state index in [2.05, 4.69) is 15.5 Å². The third-order valence-corrected chi connectivity index (χ3v) is 3.04. The molecule has 0 saturated carbocycles. The van der Waals surface area contributed by atoms with Gasteiger partial charge in [0.1, 0.15) is 0 Å². The summed E-state index contributed by atoms with van der Waals surface area (Å²) >= 11 is 0. The van der Waals surface area contributed by atoms with Gasteiger partial charge in [-0.15, -0.1) is 0 Å². The molecule has 0 spiro atoms. The zero-order chi connectivity index (χ0) is 15.8. The summed E-state index contributed by atoms with van der Waals surface area (Å²) in [7, 11) is 4.02. The van der Waals surface area contributed by atoms with Crippen LogP contribution in [0.15, 0.2) is 24.3 Å². The molecule has 0 aliphatic carbocycles. The lowest BCUT2D eigenvalue weighted by atomic mass is 10.1. The number of carbonyl (C=O) groups is 1. The molecule has 0 aliphatic heterocycles. The van der Waals surface area contributed by atoms with Crippen LogP contribution in [0.5, 0.6) is 0 Å². The standard InChI is InChI=1S/C16H27N3O2/c1-12(8-13(2)20)10-17-16(21)18-15-7-5-6-14(9-15)11-19(3)4/h5-7,9,12-13,20H,8,10-11H2,1-4H3,(H2,17,18,21). The molecular weight excluding hydrogens is 266 g/mol. The molecule has 118 valence electrons. The largest absolute Gasteiger partial charge is 0.393 e. The first kappa shape index (κ1) is 17.5. The predicted octanol–water partition coefficient (Wildman–Crippen LogP) is 2.28. The Hall–Kier alpha value is -1.59. The predicted molar refractivity (Wildman–Crippen MR) is 86.3 cm³/mol. The highest BCUT2D eigenvalue weighted by molar-refractivity contribution is 5.89. The summed E-state index contributed by atoms with van der Waals surface area (Å²) in [5.41, 5.74) is 1.94. The van der Waals surface area contributed by atoms with Gasteiger partial charge in [0, 0.05) is 18.8 Å². The molecule has 0 saturated heterocycles. The Morgan fingerprint density at radius 2 is 2.05 bits per heavy atom. The first-order valence-corrected chi connectivity index (χ1v) is 7.33. The highest BCUT2D eigenvalue weighted by Gasteiger charge is 2.08. The van der Waals surface area contributed by atoms with Crippen molar-refractivity contribution in [2.24, 2.45) is 5.92 Å². The van der Waals surface area contributed by atoms with Crippen LogP contribution >= 0.6 is 0 Å². The molecule has 0 bridgehead atoms. The van der Waals surface area contributed by atoms with E-state index in [4.69, 9.17) is 0 Å². The van der Waals surface area contributed by atoms with Crippen molar-refractivity contribution < 1.29 is 9.90 Å². The van der Waals surface area contributed by atoms with E-state index in [-0.39, 0.29) is 18.1 Å². The van der Waals surface area contributed by atoms with Crippen molar-refractivity contribution in [3.05, 3.63) is 29.8 Å². The van der Waals surface area contributed by atoms with E-state index in [9.17, 15) is 9.90 Å². The van der Waals surface area contributed by atoms with Crippen molar-refractivity contribution >= 4 is 11.7 Å². The molecule has 1 aromatic rings. The number of hydrogen-bond donors (Lipinski definition) is 3. The average Bonchev–Trinajstić information content (AvgIpc) is 2.35. The summed E-state index contributed by atoms with van der Waals surface area (Å²) in [6.07, 6.45) is 0.339. The Kier molecular flexibility index (Phi) is 7.19. The second-order valence-corrected chi connectivity index (χ2v) is 5.96. The number of rotatable bonds is 7. The molecule has 0 fully saturated rings. The number of anilines is 1. The second-order valence-electron chi connectivity index (χ2n) is 5.96. The van der Waals surface area contributed by atoms with Crippen LogP contribution in [-0.4, -0.2) is 42.8 Å². The number of aliphatic hydroxyl groups excluding tert-OH is 1.